The van der Waals surface area contributed by atoms with Crippen LogP contribution in [0.3, 0.4) is 0 Å². The van der Waals surface area contributed by atoms with Crippen LogP contribution in [0.15, 0.2) is 65.2 Å². The Kier molecular flexibility index (Phi) is 3.83. The molecule has 0 aliphatic heterocycles. The molecule has 0 saturated carbocycles. The molecule has 22 heavy (non-hydrogen) atoms. The molecule has 0 bridgehead atoms. The van der Waals surface area contributed by atoms with Crippen molar-refractivity contribution in [2.24, 2.45) is 5.73 Å². The summed E-state index contributed by atoms with van der Waals surface area (Å²) >= 11 is 0. The van der Waals surface area contributed by atoms with E-state index in [-0.39, 0.29) is 5.84 Å². The normalized spacial score (nSPS) is 10.9. The highest BCUT2D eigenvalue weighted by molar-refractivity contribution is 5.94. The van der Waals surface area contributed by atoms with Gasteiger partial charge in [0.05, 0.1) is 0 Å². The SMILES string of the molecule is N=C(N)c1ccc(-c2ccc(/C=C/c3ccccc3)o2)nc1. The molecule has 2 heterocycles. The van der Waals surface area contributed by atoms with E-state index in [0.717, 1.165) is 11.3 Å². The van der Waals surface area contributed by atoms with E-state index in [9.17, 15) is 0 Å². The summed E-state index contributed by atoms with van der Waals surface area (Å²) in [4.78, 5) is 4.26. The van der Waals surface area contributed by atoms with Crippen molar-refractivity contribution in [2.75, 3.05) is 0 Å². The van der Waals surface area contributed by atoms with Gasteiger partial charge in [0, 0.05) is 11.8 Å². The minimum atomic E-state index is 0.00461. The average molecular weight is 289 g/mol. The van der Waals surface area contributed by atoms with E-state index in [1.165, 1.54) is 0 Å². The molecule has 0 fully saturated rings. The second-order valence-corrected chi connectivity index (χ2v) is 4.79. The fourth-order valence-electron chi connectivity index (χ4n) is 2.02. The molecule has 3 N–H and O–H groups in total. The first-order chi connectivity index (χ1) is 10.7. The van der Waals surface area contributed by atoms with Crippen molar-refractivity contribution in [3.63, 3.8) is 0 Å². The van der Waals surface area contributed by atoms with Gasteiger partial charge < -0.3 is 10.2 Å². The van der Waals surface area contributed by atoms with Crippen LogP contribution in [-0.2, 0) is 0 Å². The summed E-state index contributed by atoms with van der Waals surface area (Å²) in [5.41, 5.74) is 7.84. The van der Waals surface area contributed by atoms with Crippen LogP contribution in [0.5, 0.6) is 0 Å². The predicted molar refractivity (Wildman–Crippen MR) is 88.3 cm³/mol. The topological polar surface area (TPSA) is 75.9 Å². The van der Waals surface area contributed by atoms with Gasteiger partial charge in [-0.25, -0.2) is 0 Å². The van der Waals surface area contributed by atoms with Crippen molar-refractivity contribution in [1.29, 1.82) is 5.41 Å². The van der Waals surface area contributed by atoms with Gasteiger partial charge in [-0.05, 0) is 35.9 Å². The Morgan fingerprint density at radius 1 is 1.00 bits per heavy atom. The first-order valence-corrected chi connectivity index (χ1v) is 6.86. The lowest BCUT2D eigenvalue weighted by atomic mass is 10.2. The van der Waals surface area contributed by atoms with E-state index in [1.54, 1.807) is 18.3 Å². The predicted octanol–water partition coefficient (Wildman–Crippen LogP) is 3.80. The molecule has 4 heteroatoms. The number of nitrogens with one attached hydrogen (secondary N) is 1. The van der Waals surface area contributed by atoms with Crippen molar-refractivity contribution in [3.05, 3.63) is 77.7 Å². The second-order valence-electron chi connectivity index (χ2n) is 4.79. The number of aromatic nitrogens is 1. The third-order valence-electron chi connectivity index (χ3n) is 3.19. The van der Waals surface area contributed by atoms with Gasteiger partial charge >= 0.3 is 0 Å². The van der Waals surface area contributed by atoms with Crippen LogP contribution in [0.1, 0.15) is 16.9 Å². The molecule has 0 atom stereocenters. The molecular weight excluding hydrogens is 274 g/mol. The summed E-state index contributed by atoms with van der Waals surface area (Å²) < 4.78 is 5.76. The van der Waals surface area contributed by atoms with Crippen LogP contribution in [0.2, 0.25) is 0 Å². The summed E-state index contributed by atoms with van der Waals surface area (Å²) in [6.45, 7) is 0. The zero-order chi connectivity index (χ0) is 15.4. The number of nitrogen functional groups attached to an aromatic ring is 1. The number of nitrogens with two attached hydrogens (primary N) is 1. The number of amidine groups is 1. The average Bonchev–Trinajstić information content (AvgIpc) is 3.03. The molecule has 0 unspecified atom stereocenters. The van der Waals surface area contributed by atoms with Gasteiger partial charge in [-0.15, -0.1) is 0 Å². The molecule has 0 spiro atoms. The third-order valence-corrected chi connectivity index (χ3v) is 3.19. The number of rotatable bonds is 4. The molecule has 3 aromatic rings. The Hall–Kier alpha value is -3.14. The van der Waals surface area contributed by atoms with Gasteiger partial charge in [-0.2, -0.15) is 0 Å². The van der Waals surface area contributed by atoms with E-state index in [0.29, 0.717) is 17.0 Å². The van der Waals surface area contributed by atoms with Crippen LogP contribution in [0.25, 0.3) is 23.6 Å². The molecule has 3 rings (SSSR count). The van der Waals surface area contributed by atoms with E-state index < -0.39 is 0 Å². The van der Waals surface area contributed by atoms with Gasteiger partial charge in [-0.3, -0.25) is 10.4 Å². The van der Waals surface area contributed by atoms with E-state index >= 15 is 0 Å². The monoisotopic (exact) mass is 289 g/mol. The summed E-state index contributed by atoms with van der Waals surface area (Å²) in [5, 5.41) is 7.36. The summed E-state index contributed by atoms with van der Waals surface area (Å²) in [6, 6.07) is 17.4. The maximum atomic E-state index is 7.36. The number of furan rings is 1. The zero-order valence-corrected chi connectivity index (χ0v) is 11.9. The van der Waals surface area contributed by atoms with Crippen molar-refractivity contribution >= 4 is 18.0 Å². The lowest BCUT2D eigenvalue weighted by molar-refractivity contribution is 0.570. The fraction of sp³-hybridized carbons (Fsp3) is 0. The van der Waals surface area contributed by atoms with Crippen molar-refractivity contribution < 1.29 is 4.42 Å². The fourth-order valence-corrected chi connectivity index (χ4v) is 2.02. The van der Waals surface area contributed by atoms with Crippen LogP contribution in [0, 0.1) is 5.41 Å². The first kappa shape index (κ1) is 13.8. The number of hydrogen-bond acceptors (Lipinski definition) is 3. The van der Waals surface area contributed by atoms with Gasteiger partial charge in [0.2, 0.25) is 0 Å². The smallest absolute Gasteiger partial charge is 0.153 e. The quantitative estimate of drug-likeness (QED) is 0.566. The minimum absolute atomic E-state index is 0.00461. The van der Waals surface area contributed by atoms with Crippen molar-refractivity contribution in [1.82, 2.24) is 4.98 Å². The highest BCUT2D eigenvalue weighted by Crippen LogP contribution is 2.21. The van der Waals surface area contributed by atoms with Gasteiger partial charge in [0.1, 0.15) is 17.3 Å². The Bertz CT molecular complexity index is 802. The van der Waals surface area contributed by atoms with Crippen LogP contribution >= 0.6 is 0 Å². The van der Waals surface area contributed by atoms with Crippen LogP contribution in [-0.4, -0.2) is 10.8 Å². The van der Waals surface area contributed by atoms with Crippen molar-refractivity contribution in [3.8, 4) is 11.5 Å². The van der Waals surface area contributed by atoms with Crippen molar-refractivity contribution in [2.45, 2.75) is 0 Å². The molecular formula is C18H15N3O. The standard InChI is InChI=1S/C18H15N3O/c19-18(20)14-7-10-16(21-12-14)17-11-9-15(22-17)8-6-13-4-2-1-3-5-13/h1-12H,(H3,19,20)/b8-6+. The maximum Gasteiger partial charge on any atom is 0.153 e. The number of pyridine rings is 1. The van der Waals surface area contributed by atoms with E-state index in [4.69, 9.17) is 15.6 Å². The molecule has 0 aliphatic carbocycles. The molecule has 0 aliphatic rings. The largest absolute Gasteiger partial charge is 0.455 e. The maximum absolute atomic E-state index is 7.36. The molecule has 108 valence electrons. The Balaban J connectivity index is 1.79. The molecule has 0 radical (unpaired) electrons. The molecule has 0 saturated heterocycles. The molecule has 2 aromatic heterocycles. The van der Waals surface area contributed by atoms with Gasteiger partial charge in [0.25, 0.3) is 0 Å². The molecule has 1 aromatic carbocycles. The Labute approximate surface area is 128 Å². The molecule has 0 amide bonds. The number of nitrogens with zero attached hydrogens (tertiary/aromatic N) is 1. The third kappa shape index (κ3) is 3.12. The minimum Gasteiger partial charge on any atom is -0.455 e. The summed E-state index contributed by atoms with van der Waals surface area (Å²) in [6.07, 6.45) is 5.48. The highest BCUT2D eigenvalue weighted by atomic mass is 16.3. The summed E-state index contributed by atoms with van der Waals surface area (Å²) in [7, 11) is 0. The zero-order valence-electron chi connectivity index (χ0n) is 11.9. The van der Waals surface area contributed by atoms with Crippen LogP contribution in [0.4, 0.5) is 0 Å². The lowest BCUT2D eigenvalue weighted by Crippen LogP contribution is -2.11. The lowest BCUT2D eigenvalue weighted by Gasteiger charge is -1.99. The van der Waals surface area contributed by atoms with E-state index in [2.05, 4.69) is 4.98 Å². The van der Waals surface area contributed by atoms with Gasteiger partial charge in [-0.1, -0.05) is 36.4 Å². The number of hydrogen-bond donors (Lipinski definition) is 2. The first-order valence-electron chi connectivity index (χ1n) is 6.86. The second kappa shape index (κ2) is 6.10. The number of benzene rings is 1. The Morgan fingerprint density at radius 2 is 1.82 bits per heavy atom. The van der Waals surface area contributed by atoms with Gasteiger partial charge in [0.15, 0.2) is 5.76 Å². The summed E-state index contributed by atoms with van der Waals surface area (Å²) in [5.74, 6) is 1.45. The van der Waals surface area contributed by atoms with E-state index in [1.807, 2.05) is 54.6 Å². The highest BCUT2D eigenvalue weighted by Gasteiger charge is 2.05. The molecule has 4 nitrogen and oxygen atoms in total. The van der Waals surface area contributed by atoms with Crippen LogP contribution < -0.4 is 5.73 Å². The Morgan fingerprint density at radius 3 is 2.50 bits per heavy atom.